The van der Waals surface area contributed by atoms with E-state index in [0.717, 1.165) is 16.9 Å². The van der Waals surface area contributed by atoms with E-state index in [9.17, 15) is 0 Å². The highest BCUT2D eigenvalue weighted by Gasteiger charge is 1.98. The van der Waals surface area contributed by atoms with Gasteiger partial charge in [-0.2, -0.15) is 9.62 Å². The lowest BCUT2D eigenvalue weighted by Crippen LogP contribution is -1.98. The van der Waals surface area contributed by atoms with Crippen LogP contribution in [0.4, 0.5) is 5.82 Å². The SMILES string of the molecule is C(=N\Nc1ccc2nncn2n1)/c1ccc(OCc2ccccc2)cc1. The van der Waals surface area contributed by atoms with Gasteiger partial charge in [0.05, 0.1) is 6.21 Å². The summed E-state index contributed by atoms with van der Waals surface area (Å²) >= 11 is 0. The summed E-state index contributed by atoms with van der Waals surface area (Å²) in [4.78, 5) is 0. The zero-order chi connectivity index (χ0) is 17.6. The van der Waals surface area contributed by atoms with Crippen LogP contribution in [0.2, 0.25) is 0 Å². The number of hydrazone groups is 1. The first kappa shape index (κ1) is 15.8. The van der Waals surface area contributed by atoms with Gasteiger partial charge in [-0.05, 0) is 47.5 Å². The first-order chi connectivity index (χ1) is 12.9. The zero-order valence-electron chi connectivity index (χ0n) is 13.9. The predicted octanol–water partition coefficient (Wildman–Crippen LogP) is 3.15. The van der Waals surface area contributed by atoms with Gasteiger partial charge in [0, 0.05) is 0 Å². The second-order valence-electron chi connectivity index (χ2n) is 5.57. The molecular weight excluding hydrogens is 328 g/mol. The molecule has 0 amide bonds. The Labute approximate surface area is 150 Å². The molecule has 0 saturated heterocycles. The third kappa shape index (κ3) is 3.84. The second-order valence-corrected chi connectivity index (χ2v) is 5.57. The lowest BCUT2D eigenvalue weighted by molar-refractivity contribution is 0.306. The van der Waals surface area contributed by atoms with Gasteiger partial charge in [0.1, 0.15) is 18.7 Å². The summed E-state index contributed by atoms with van der Waals surface area (Å²) in [5, 5.41) is 16.2. The minimum Gasteiger partial charge on any atom is -0.489 e. The largest absolute Gasteiger partial charge is 0.489 e. The van der Waals surface area contributed by atoms with Crippen molar-refractivity contribution in [2.45, 2.75) is 6.61 Å². The van der Waals surface area contributed by atoms with E-state index in [2.05, 4.69) is 25.8 Å². The van der Waals surface area contributed by atoms with Gasteiger partial charge in [-0.25, -0.2) is 0 Å². The number of hydrogen-bond donors (Lipinski definition) is 1. The van der Waals surface area contributed by atoms with Crippen LogP contribution in [0.15, 0.2) is 78.2 Å². The maximum Gasteiger partial charge on any atom is 0.177 e. The zero-order valence-corrected chi connectivity index (χ0v) is 13.9. The molecule has 4 aromatic rings. The molecule has 0 unspecified atom stereocenters. The van der Waals surface area contributed by atoms with E-state index >= 15 is 0 Å². The Morgan fingerprint density at radius 2 is 1.85 bits per heavy atom. The summed E-state index contributed by atoms with van der Waals surface area (Å²) < 4.78 is 7.35. The fourth-order valence-electron chi connectivity index (χ4n) is 2.35. The molecule has 4 rings (SSSR count). The lowest BCUT2D eigenvalue weighted by atomic mass is 10.2. The van der Waals surface area contributed by atoms with Crippen molar-refractivity contribution in [3.8, 4) is 5.75 Å². The van der Waals surface area contributed by atoms with Gasteiger partial charge in [0.2, 0.25) is 0 Å². The van der Waals surface area contributed by atoms with Crippen molar-refractivity contribution in [3.05, 3.63) is 84.2 Å². The number of nitrogens with one attached hydrogen (secondary N) is 1. The molecule has 0 spiro atoms. The minimum absolute atomic E-state index is 0.549. The van der Waals surface area contributed by atoms with Crippen molar-refractivity contribution >= 4 is 17.7 Å². The third-order valence-corrected chi connectivity index (χ3v) is 3.68. The molecule has 0 bridgehead atoms. The number of nitrogens with zero attached hydrogens (tertiary/aromatic N) is 5. The van der Waals surface area contributed by atoms with E-state index in [0.29, 0.717) is 18.1 Å². The molecule has 0 radical (unpaired) electrons. The lowest BCUT2D eigenvalue weighted by Gasteiger charge is -2.06. The van der Waals surface area contributed by atoms with Gasteiger partial charge in [-0.15, -0.1) is 15.3 Å². The van der Waals surface area contributed by atoms with E-state index in [4.69, 9.17) is 4.74 Å². The molecule has 2 aromatic heterocycles. The van der Waals surface area contributed by atoms with E-state index in [1.165, 1.54) is 0 Å². The first-order valence-electron chi connectivity index (χ1n) is 8.10. The highest BCUT2D eigenvalue weighted by Crippen LogP contribution is 2.13. The number of fused-ring (bicyclic) bond motifs is 1. The summed E-state index contributed by atoms with van der Waals surface area (Å²) in [5.74, 6) is 1.43. The number of hydrogen-bond acceptors (Lipinski definition) is 6. The van der Waals surface area contributed by atoms with Crippen molar-refractivity contribution < 1.29 is 4.74 Å². The highest BCUT2D eigenvalue weighted by atomic mass is 16.5. The number of ether oxygens (including phenoxy) is 1. The van der Waals surface area contributed by atoms with Crippen molar-refractivity contribution in [3.63, 3.8) is 0 Å². The summed E-state index contributed by atoms with van der Waals surface area (Å²) in [6.45, 7) is 0.549. The number of benzene rings is 2. The Hall–Kier alpha value is -3.74. The van der Waals surface area contributed by atoms with Crippen LogP contribution in [0.5, 0.6) is 5.75 Å². The van der Waals surface area contributed by atoms with E-state index in [1.54, 1.807) is 23.1 Å². The van der Waals surface area contributed by atoms with Crippen molar-refractivity contribution in [1.29, 1.82) is 0 Å². The molecule has 7 heteroatoms. The summed E-state index contributed by atoms with van der Waals surface area (Å²) in [6, 6.07) is 21.4. The summed E-state index contributed by atoms with van der Waals surface area (Å²) in [5.41, 5.74) is 5.67. The average molecular weight is 344 g/mol. The molecule has 0 aliphatic rings. The molecule has 1 N–H and O–H groups in total. The smallest absolute Gasteiger partial charge is 0.177 e. The van der Waals surface area contributed by atoms with Crippen LogP contribution in [-0.2, 0) is 6.61 Å². The van der Waals surface area contributed by atoms with Gasteiger partial charge < -0.3 is 4.74 Å². The molecular formula is C19H16N6O. The number of aromatic nitrogens is 4. The fourth-order valence-corrected chi connectivity index (χ4v) is 2.35. The van der Waals surface area contributed by atoms with Crippen LogP contribution in [0.1, 0.15) is 11.1 Å². The highest BCUT2D eigenvalue weighted by molar-refractivity contribution is 5.80. The molecule has 0 atom stereocenters. The average Bonchev–Trinajstić information content (AvgIpc) is 3.16. The normalized spacial score (nSPS) is 11.1. The van der Waals surface area contributed by atoms with E-state index < -0.39 is 0 Å². The molecule has 0 saturated carbocycles. The molecule has 128 valence electrons. The second kappa shape index (κ2) is 7.43. The van der Waals surface area contributed by atoms with Crippen molar-refractivity contribution in [2.24, 2.45) is 5.10 Å². The minimum atomic E-state index is 0.549. The molecule has 0 aliphatic carbocycles. The maximum atomic E-state index is 5.77. The molecule has 7 nitrogen and oxygen atoms in total. The fraction of sp³-hybridized carbons (Fsp3) is 0.0526. The molecule has 0 aliphatic heterocycles. The summed E-state index contributed by atoms with van der Waals surface area (Å²) in [6.07, 6.45) is 3.26. The van der Waals surface area contributed by atoms with Crippen LogP contribution in [0, 0.1) is 0 Å². The Morgan fingerprint density at radius 3 is 2.69 bits per heavy atom. The molecule has 2 aromatic carbocycles. The van der Waals surface area contributed by atoms with Gasteiger partial charge in [0.15, 0.2) is 11.5 Å². The third-order valence-electron chi connectivity index (χ3n) is 3.68. The van der Waals surface area contributed by atoms with E-state index in [1.807, 2.05) is 60.7 Å². The Morgan fingerprint density at radius 1 is 1.00 bits per heavy atom. The Kier molecular flexibility index (Phi) is 4.51. The van der Waals surface area contributed by atoms with Crippen LogP contribution in [-0.4, -0.2) is 26.0 Å². The molecule has 2 heterocycles. The van der Waals surface area contributed by atoms with Gasteiger partial charge in [-0.1, -0.05) is 30.3 Å². The van der Waals surface area contributed by atoms with Crippen molar-refractivity contribution in [2.75, 3.05) is 5.43 Å². The summed E-state index contributed by atoms with van der Waals surface area (Å²) in [7, 11) is 0. The first-order valence-corrected chi connectivity index (χ1v) is 8.10. The van der Waals surface area contributed by atoms with Crippen LogP contribution >= 0.6 is 0 Å². The van der Waals surface area contributed by atoms with E-state index in [-0.39, 0.29) is 0 Å². The monoisotopic (exact) mass is 344 g/mol. The Bertz CT molecular complexity index is 1010. The molecule has 26 heavy (non-hydrogen) atoms. The Balaban J connectivity index is 1.33. The topological polar surface area (TPSA) is 76.7 Å². The van der Waals surface area contributed by atoms with Gasteiger partial charge in [-0.3, -0.25) is 5.43 Å². The van der Waals surface area contributed by atoms with Crippen LogP contribution in [0.3, 0.4) is 0 Å². The number of anilines is 1. The van der Waals surface area contributed by atoms with Gasteiger partial charge >= 0.3 is 0 Å². The maximum absolute atomic E-state index is 5.77. The number of rotatable bonds is 6. The van der Waals surface area contributed by atoms with Crippen LogP contribution in [0.25, 0.3) is 5.65 Å². The standard InChI is InChI=1S/C19H16N6O/c1-2-4-16(5-3-1)13-26-17-8-6-15(7-9-17)12-20-22-18-10-11-19-23-21-14-25(19)24-18/h1-12,14H,13H2,(H,22,24)/b20-12+. The van der Waals surface area contributed by atoms with Crippen LogP contribution < -0.4 is 10.2 Å². The molecule has 0 fully saturated rings. The van der Waals surface area contributed by atoms with Gasteiger partial charge in [0.25, 0.3) is 0 Å². The quantitative estimate of drug-likeness (QED) is 0.429. The predicted molar refractivity (Wildman–Crippen MR) is 99.2 cm³/mol. The van der Waals surface area contributed by atoms with Crippen molar-refractivity contribution in [1.82, 2.24) is 19.8 Å².